The number of pyridine rings is 1. The van der Waals surface area contributed by atoms with Crippen molar-refractivity contribution < 1.29 is 4.74 Å². The van der Waals surface area contributed by atoms with E-state index in [1.807, 2.05) is 59.4 Å². The molecular formula is C26H28N6O. The number of benzene rings is 2. The Morgan fingerprint density at radius 2 is 1.67 bits per heavy atom. The fourth-order valence-corrected chi connectivity index (χ4v) is 3.38. The lowest BCUT2D eigenvalue weighted by molar-refractivity contribution is 0.301. The van der Waals surface area contributed by atoms with Gasteiger partial charge in [0.2, 0.25) is 0 Å². The van der Waals surface area contributed by atoms with E-state index in [0.29, 0.717) is 19.7 Å². The van der Waals surface area contributed by atoms with E-state index in [1.54, 1.807) is 19.4 Å². The van der Waals surface area contributed by atoms with Crippen LogP contribution in [0.4, 0.5) is 0 Å². The van der Waals surface area contributed by atoms with Crippen LogP contribution < -0.4 is 15.4 Å². The first-order valence-electron chi connectivity index (χ1n) is 10.9. The predicted molar refractivity (Wildman–Crippen MR) is 130 cm³/mol. The van der Waals surface area contributed by atoms with Crippen LogP contribution in [-0.4, -0.2) is 27.8 Å². The minimum absolute atomic E-state index is 0.455. The fourth-order valence-electron chi connectivity index (χ4n) is 3.38. The number of hydrogen-bond donors (Lipinski definition) is 2. The molecule has 7 heteroatoms. The number of ether oxygens (including phenoxy) is 1. The average molecular weight is 441 g/mol. The predicted octanol–water partition coefficient (Wildman–Crippen LogP) is 3.77. The van der Waals surface area contributed by atoms with Gasteiger partial charge in [0.25, 0.3) is 0 Å². The molecule has 2 aromatic heterocycles. The van der Waals surface area contributed by atoms with Crippen LogP contribution in [0.3, 0.4) is 0 Å². The van der Waals surface area contributed by atoms with Crippen molar-refractivity contribution in [2.45, 2.75) is 26.2 Å². The third kappa shape index (κ3) is 6.67. The topological polar surface area (TPSA) is 76.4 Å². The first-order valence-corrected chi connectivity index (χ1v) is 10.9. The minimum atomic E-state index is 0.455. The van der Waals surface area contributed by atoms with Gasteiger partial charge in [0.05, 0.1) is 12.2 Å². The van der Waals surface area contributed by atoms with Crippen molar-refractivity contribution in [1.29, 1.82) is 0 Å². The minimum Gasteiger partial charge on any atom is -0.487 e. The molecule has 0 saturated heterocycles. The molecule has 4 aromatic rings. The van der Waals surface area contributed by atoms with E-state index in [9.17, 15) is 0 Å². The Hall–Kier alpha value is -4.13. The Bertz CT molecular complexity index is 1140. The number of hydrogen-bond acceptors (Lipinski definition) is 4. The third-order valence-electron chi connectivity index (χ3n) is 5.18. The summed E-state index contributed by atoms with van der Waals surface area (Å²) in [4.78, 5) is 8.62. The van der Waals surface area contributed by atoms with Crippen LogP contribution in [0, 0.1) is 0 Å². The van der Waals surface area contributed by atoms with Crippen molar-refractivity contribution in [3.63, 3.8) is 0 Å². The molecule has 0 amide bonds. The summed E-state index contributed by atoms with van der Waals surface area (Å²) in [7, 11) is 1.78. The maximum absolute atomic E-state index is 5.80. The molecule has 0 aliphatic rings. The molecule has 0 aliphatic heterocycles. The van der Waals surface area contributed by atoms with Gasteiger partial charge in [0.15, 0.2) is 5.96 Å². The molecule has 2 aromatic carbocycles. The van der Waals surface area contributed by atoms with E-state index in [-0.39, 0.29) is 0 Å². The van der Waals surface area contributed by atoms with Crippen LogP contribution in [0.25, 0.3) is 0 Å². The van der Waals surface area contributed by atoms with E-state index in [0.717, 1.165) is 29.5 Å². The van der Waals surface area contributed by atoms with E-state index < -0.39 is 0 Å². The summed E-state index contributed by atoms with van der Waals surface area (Å²) in [6.07, 6.45) is 5.54. The highest BCUT2D eigenvalue weighted by molar-refractivity contribution is 5.79. The van der Waals surface area contributed by atoms with Crippen LogP contribution in [-0.2, 0) is 26.2 Å². The summed E-state index contributed by atoms with van der Waals surface area (Å²) in [6, 6.07) is 24.2. The normalized spacial score (nSPS) is 11.2. The van der Waals surface area contributed by atoms with Gasteiger partial charge in [-0.05, 0) is 47.0 Å². The van der Waals surface area contributed by atoms with Crippen molar-refractivity contribution in [3.8, 4) is 5.75 Å². The molecule has 0 aliphatic carbocycles. The second kappa shape index (κ2) is 11.5. The van der Waals surface area contributed by atoms with E-state index >= 15 is 0 Å². The van der Waals surface area contributed by atoms with E-state index in [1.165, 1.54) is 11.1 Å². The Morgan fingerprint density at radius 1 is 0.879 bits per heavy atom. The van der Waals surface area contributed by atoms with Crippen molar-refractivity contribution >= 4 is 5.96 Å². The molecule has 33 heavy (non-hydrogen) atoms. The van der Waals surface area contributed by atoms with Gasteiger partial charge in [-0.3, -0.25) is 14.7 Å². The number of aromatic nitrogens is 3. The van der Waals surface area contributed by atoms with Crippen LogP contribution in [0.1, 0.15) is 22.4 Å². The zero-order chi connectivity index (χ0) is 22.7. The Kier molecular flexibility index (Phi) is 7.68. The van der Waals surface area contributed by atoms with Gasteiger partial charge in [-0.25, -0.2) is 0 Å². The largest absolute Gasteiger partial charge is 0.487 e. The first-order chi connectivity index (χ1) is 16.3. The highest BCUT2D eigenvalue weighted by atomic mass is 16.5. The molecule has 0 unspecified atom stereocenters. The van der Waals surface area contributed by atoms with Gasteiger partial charge < -0.3 is 15.4 Å². The lowest BCUT2D eigenvalue weighted by atomic mass is 10.1. The summed E-state index contributed by atoms with van der Waals surface area (Å²) >= 11 is 0. The standard InChI is InChI=1S/C26H28N6O/c1-27-26(30-18-22-7-2-3-8-23(22)19-32-16-6-15-31-32)29-17-21-10-12-25(13-11-21)33-20-24-9-4-5-14-28-24/h2-16H,17-20H2,1H3,(H2,27,29,30). The van der Waals surface area contributed by atoms with E-state index in [2.05, 4.69) is 50.0 Å². The maximum atomic E-state index is 5.80. The molecule has 0 bridgehead atoms. The molecule has 2 N–H and O–H groups in total. The van der Waals surface area contributed by atoms with Crippen LogP contribution in [0.2, 0.25) is 0 Å². The second-order valence-electron chi connectivity index (χ2n) is 7.51. The molecule has 7 nitrogen and oxygen atoms in total. The van der Waals surface area contributed by atoms with Gasteiger partial charge in [0, 0.05) is 38.7 Å². The second-order valence-corrected chi connectivity index (χ2v) is 7.51. The monoisotopic (exact) mass is 440 g/mol. The first kappa shape index (κ1) is 22.1. The Labute approximate surface area is 194 Å². The summed E-state index contributed by atoms with van der Waals surface area (Å²) in [5, 5.41) is 11.1. The number of rotatable bonds is 9. The lowest BCUT2D eigenvalue weighted by Gasteiger charge is -2.15. The zero-order valence-corrected chi connectivity index (χ0v) is 18.7. The highest BCUT2D eigenvalue weighted by Crippen LogP contribution is 2.14. The number of aliphatic imine (C=N–C) groups is 1. The van der Waals surface area contributed by atoms with Gasteiger partial charge in [-0.1, -0.05) is 42.5 Å². The highest BCUT2D eigenvalue weighted by Gasteiger charge is 2.05. The van der Waals surface area contributed by atoms with Crippen molar-refractivity contribution in [2.24, 2.45) is 4.99 Å². The summed E-state index contributed by atoms with van der Waals surface area (Å²) in [5.41, 5.74) is 4.49. The SMILES string of the molecule is CN=C(NCc1ccc(OCc2ccccn2)cc1)NCc1ccccc1Cn1cccn1. The van der Waals surface area contributed by atoms with E-state index in [4.69, 9.17) is 4.74 Å². The summed E-state index contributed by atoms with van der Waals surface area (Å²) in [6.45, 7) is 2.54. The van der Waals surface area contributed by atoms with Crippen molar-refractivity contribution in [2.75, 3.05) is 7.05 Å². The van der Waals surface area contributed by atoms with Crippen molar-refractivity contribution in [1.82, 2.24) is 25.4 Å². The maximum Gasteiger partial charge on any atom is 0.191 e. The average Bonchev–Trinajstić information content (AvgIpc) is 3.38. The van der Waals surface area contributed by atoms with Crippen LogP contribution in [0.5, 0.6) is 5.75 Å². The smallest absolute Gasteiger partial charge is 0.191 e. The third-order valence-corrected chi connectivity index (χ3v) is 5.18. The number of nitrogens with one attached hydrogen (secondary N) is 2. The lowest BCUT2D eigenvalue weighted by Crippen LogP contribution is -2.36. The summed E-state index contributed by atoms with van der Waals surface area (Å²) in [5.74, 6) is 1.57. The van der Waals surface area contributed by atoms with Crippen LogP contribution in [0.15, 0.2) is 96.4 Å². The Morgan fingerprint density at radius 3 is 2.39 bits per heavy atom. The van der Waals surface area contributed by atoms with Gasteiger partial charge in [0.1, 0.15) is 12.4 Å². The molecule has 0 spiro atoms. The van der Waals surface area contributed by atoms with Gasteiger partial charge >= 0.3 is 0 Å². The molecule has 4 rings (SSSR count). The molecule has 0 saturated carbocycles. The summed E-state index contributed by atoms with van der Waals surface area (Å²) < 4.78 is 7.73. The molecule has 168 valence electrons. The van der Waals surface area contributed by atoms with Crippen molar-refractivity contribution in [3.05, 3.63) is 114 Å². The molecular weight excluding hydrogens is 412 g/mol. The quantitative estimate of drug-likeness (QED) is 0.306. The van der Waals surface area contributed by atoms with Gasteiger partial charge in [-0.15, -0.1) is 0 Å². The molecule has 0 fully saturated rings. The fraction of sp³-hybridized carbons (Fsp3) is 0.192. The number of guanidine groups is 1. The number of nitrogens with zero attached hydrogens (tertiary/aromatic N) is 4. The zero-order valence-electron chi connectivity index (χ0n) is 18.7. The van der Waals surface area contributed by atoms with Gasteiger partial charge in [-0.2, -0.15) is 5.10 Å². The Balaban J connectivity index is 1.26. The molecule has 0 atom stereocenters. The van der Waals surface area contributed by atoms with Crippen LogP contribution >= 0.6 is 0 Å². The molecule has 2 heterocycles. The molecule has 0 radical (unpaired) electrons.